The second-order valence-electron chi connectivity index (χ2n) is 1.15. The Balaban J connectivity index is 0.000000640. The van der Waals surface area contributed by atoms with Gasteiger partial charge in [0.2, 0.25) is 0 Å². The van der Waals surface area contributed by atoms with E-state index in [9.17, 15) is 0 Å². The molecule has 0 atom stereocenters. The minimum absolute atomic E-state index is 0. The molecule has 0 aliphatic carbocycles. The maximum Gasteiger partial charge on any atom is 0.00206 e. The van der Waals surface area contributed by atoms with Crippen molar-refractivity contribution in [3.05, 3.63) is 5.51 Å². The third kappa shape index (κ3) is 1.84. The number of anilines is 1. The topological polar surface area (TPSA) is 51.3 Å². The number of nitrogens with zero attached hydrogens (tertiary/aromatic N) is 2. The van der Waals surface area contributed by atoms with Gasteiger partial charge in [-0.15, -0.1) is 0 Å². The van der Waals surface area contributed by atoms with E-state index in [0.717, 1.165) is 0 Å². The van der Waals surface area contributed by atoms with Crippen molar-refractivity contribution in [2.24, 2.45) is 4.99 Å². The van der Waals surface area contributed by atoms with Gasteiger partial charge in [-0.2, -0.15) is 0 Å². The maximum absolute atomic E-state index is 5.29. The number of nitrogens with two attached hydrogens (primary N) is 1. The molecule has 0 saturated heterocycles. The van der Waals surface area contributed by atoms with Gasteiger partial charge in [-0.3, -0.25) is 11.3 Å². The van der Waals surface area contributed by atoms with Gasteiger partial charge in [0, 0.05) is 24.5 Å². The predicted octanol–water partition coefficient (Wildman–Crippen LogP) is 0.855. The van der Waals surface area contributed by atoms with Gasteiger partial charge < -0.3 is 15.7 Å². The van der Waals surface area contributed by atoms with Crippen LogP contribution in [0.25, 0.3) is 0 Å². The van der Waals surface area contributed by atoms with Crippen molar-refractivity contribution < 1.29 is 19.5 Å². The van der Waals surface area contributed by atoms with Gasteiger partial charge in [0.05, 0.1) is 0 Å². The number of aliphatic imine (C=N–C) groups is 1. The van der Waals surface area contributed by atoms with Crippen molar-refractivity contribution in [3.8, 4) is 0 Å². The van der Waals surface area contributed by atoms with Gasteiger partial charge in [-0.05, 0) is 18.0 Å². The molecule has 1 aromatic heterocycles. The monoisotopic (exact) mass is 229 g/mol. The molecule has 51 valence electrons. The summed E-state index contributed by atoms with van der Waals surface area (Å²) in [5.74, 6) is 0.407. The Hall–Kier alpha value is -0.277. The molecule has 3 nitrogen and oxygen atoms in total. The number of rotatable bonds is 1. The number of aromatic nitrogens is 1. The molecule has 0 aliphatic heterocycles. The minimum Gasteiger partial charge on any atom is -0.442 e. The summed E-state index contributed by atoms with van der Waals surface area (Å²) < 4.78 is 0. The predicted molar refractivity (Wildman–Crippen MR) is 34.6 cm³/mol. The van der Waals surface area contributed by atoms with Crippen LogP contribution < -0.4 is 5.73 Å². The van der Waals surface area contributed by atoms with E-state index in [1.54, 1.807) is 0 Å². The minimum atomic E-state index is 0. The van der Waals surface area contributed by atoms with Crippen LogP contribution in [0.4, 0.5) is 10.8 Å². The zero-order chi connectivity index (χ0) is 5.98. The standard InChI is InChI=1S/C4H4N3S.Rh/c1-6-4-3(5)7-2-8-4;/h1,5H2;/q-1;. The van der Waals surface area contributed by atoms with Gasteiger partial charge in [0.25, 0.3) is 0 Å². The van der Waals surface area contributed by atoms with Gasteiger partial charge in [-0.25, -0.2) is 0 Å². The van der Waals surface area contributed by atoms with Crippen LogP contribution in [0.2, 0.25) is 0 Å². The molecule has 0 aromatic carbocycles. The molecule has 0 unspecified atom stereocenters. The molecule has 1 rings (SSSR count). The third-order valence-corrected chi connectivity index (χ3v) is 1.39. The van der Waals surface area contributed by atoms with Crippen LogP contribution in [-0.2, 0) is 19.5 Å². The van der Waals surface area contributed by atoms with Crippen LogP contribution in [0.15, 0.2) is 4.99 Å². The average Bonchev–Trinajstić information content (AvgIpc) is 2.14. The molecule has 0 aliphatic rings. The first-order valence-electron chi connectivity index (χ1n) is 1.93. The average molecular weight is 229 g/mol. The van der Waals surface area contributed by atoms with Crippen molar-refractivity contribution in [2.75, 3.05) is 5.73 Å². The van der Waals surface area contributed by atoms with Gasteiger partial charge in [0.15, 0.2) is 0 Å². The number of hydrogen-bond acceptors (Lipinski definition) is 4. The largest absolute Gasteiger partial charge is 0.442 e. The summed E-state index contributed by atoms with van der Waals surface area (Å²) in [7, 11) is 0. The van der Waals surface area contributed by atoms with Crippen molar-refractivity contribution >= 4 is 28.9 Å². The SMILES string of the molecule is C=Nc1s[c-]nc1N.[Rh]. The van der Waals surface area contributed by atoms with Gasteiger partial charge >= 0.3 is 0 Å². The molecule has 0 amide bonds. The number of hydrogen-bond donors (Lipinski definition) is 1. The fourth-order valence-corrected chi connectivity index (χ4v) is 0.774. The fourth-order valence-electron chi connectivity index (χ4n) is 0.329. The normalized spacial score (nSPS) is 8.00. The summed E-state index contributed by atoms with van der Waals surface area (Å²) in [6, 6.07) is 0. The van der Waals surface area contributed by atoms with Crippen molar-refractivity contribution in [1.29, 1.82) is 0 Å². The molecular weight excluding hydrogens is 225 g/mol. The molecule has 0 fully saturated rings. The first kappa shape index (κ1) is 8.72. The number of nitrogen functional groups attached to an aromatic ring is 1. The molecule has 9 heavy (non-hydrogen) atoms. The fraction of sp³-hybridized carbons (Fsp3) is 0. The molecule has 1 aromatic rings. The van der Waals surface area contributed by atoms with Crippen molar-refractivity contribution in [1.82, 2.24) is 4.98 Å². The molecule has 0 bridgehead atoms. The Kier molecular flexibility index (Phi) is 3.58. The summed E-state index contributed by atoms with van der Waals surface area (Å²) in [5, 5.41) is 0.644. The van der Waals surface area contributed by atoms with E-state index in [0.29, 0.717) is 10.8 Å². The summed E-state index contributed by atoms with van der Waals surface area (Å²) in [6.07, 6.45) is 0. The number of thiazole rings is 1. The molecule has 0 saturated carbocycles. The van der Waals surface area contributed by atoms with Crippen LogP contribution in [0.1, 0.15) is 0 Å². The summed E-state index contributed by atoms with van der Waals surface area (Å²) in [6.45, 7) is 3.28. The van der Waals surface area contributed by atoms with Crippen LogP contribution in [0.3, 0.4) is 0 Å². The van der Waals surface area contributed by atoms with Gasteiger partial charge in [0.1, 0.15) is 0 Å². The third-order valence-electron chi connectivity index (χ3n) is 0.671. The van der Waals surface area contributed by atoms with E-state index in [2.05, 4.69) is 22.2 Å². The Morgan fingerprint density at radius 1 is 1.78 bits per heavy atom. The maximum atomic E-state index is 5.29. The van der Waals surface area contributed by atoms with E-state index in [4.69, 9.17) is 5.73 Å². The zero-order valence-corrected chi connectivity index (χ0v) is 6.88. The van der Waals surface area contributed by atoms with Crippen LogP contribution in [-0.4, -0.2) is 11.7 Å². The summed E-state index contributed by atoms with van der Waals surface area (Å²) >= 11 is 1.26. The van der Waals surface area contributed by atoms with E-state index in [1.807, 2.05) is 0 Å². The Morgan fingerprint density at radius 3 is 2.67 bits per heavy atom. The first-order valence-corrected chi connectivity index (χ1v) is 2.75. The molecule has 0 spiro atoms. The second-order valence-corrected chi connectivity index (χ2v) is 1.93. The van der Waals surface area contributed by atoms with Crippen LogP contribution >= 0.6 is 11.3 Å². The molecule has 1 radical (unpaired) electrons. The van der Waals surface area contributed by atoms with Crippen LogP contribution in [0, 0.1) is 5.51 Å². The van der Waals surface area contributed by atoms with Gasteiger partial charge in [-0.1, -0.05) is 0 Å². The Labute approximate surface area is 69.8 Å². The van der Waals surface area contributed by atoms with Crippen LogP contribution in [0.5, 0.6) is 0 Å². The van der Waals surface area contributed by atoms with E-state index in [-0.39, 0.29) is 19.5 Å². The van der Waals surface area contributed by atoms with E-state index in [1.165, 1.54) is 11.3 Å². The quantitative estimate of drug-likeness (QED) is 0.441. The van der Waals surface area contributed by atoms with E-state index >= 15 is 0 Å². The van der Waals surface area contributed by atoms with E-state index < -0.39 is 0 Å². The first-order chi connectivity index (χ1) is 3.84. The summed E-state index contributed by atoms with van der Waals surface area (Å²) in [5.41, 5.74) is 7.87. The molecule has 2 N–H and O–H groups in total. The Morgan fingerprint density at radius 2 is 2.44 bits per heavy atom. The molecule has 5 heteroatoms. The Bertz CT molecular complexity index is 197. The molecule has 1 heterocycles. The summed E-state index contributed by atoms with van der Waals surface area (Å²) in [4.78, 5) is 7.20. The second kappa shape index (κ2) is 3.69. The smallest absolute Gasteiger partial charge is 0.00206 e. The molecular formula is C4H4N3RhS-. The van der Waals surface area contributed by atoms with Crippen molar-refractivity contribution in [3.63, 3.8) is 0 Å². The van der Waals surface area contributed by atoms with Crippen molar-refractivity contribution in [2.45, 2.75) is 0 Å². The zero-order valence-electron chi connectivity index (χ0n) is 4.42.